The maximum atomic E-state index is 12.7. The molecule has 0 saturated heterocycles. The van der Waals surface area contributed by atoms with E-state index in [-0.39, 0.29) is 12.2 Å². The van der Waals surface area contributed by atoms with E-state index in [0.29, 0.717) is 37.6 Å². The molecule has 0 amide bonds. The van der Waals surface area contributed by atoms with Crippen LogP contribution in [0.15, 0.2) is 53.3 Å². The lowest BCUT2D eigenvalue weighted by Gasteiger charge is -2.20. The van der Waals surface area contributed by atoms with Gasteiger partial charge in [-0.3, -0.25) is 9.69 Å². The van der Waals surface area contributed by atoms with Crippen LogP contribution in [-0.4, -0.2) is 55.5 Å². The predicted octanol–water partition coefficient (Wildman–Crippen LogP) is 1.87. The van der Waals surface area contributed by atoms with E-state index in [1.807, 2.05) is 60.4 Å². The van der Waals surface area contributed by atoms with E-state index >= 15 is 0 Å². The van der Waals surface area contributed by atoms with Gasteiger partial charge in [-0.25, -0.2) is 4.68 Å². The SMILES string of the molecule is COc1ccc(Cn2nnnc2CN(CCO)Cc2cc3cccc(C)c3[nH]c2=O)cc1. The molecule has 9 nitrogen and oxygen atoms in total. The Labute approximate surface area is 185 Å². The summed E-state index contributed by atoms with van der Waals surface area (Å²) >= 11 is 0. The number of ether oxygens (including phenoxy) is 1. The number of nitrogens with one attached hydrogen (secondary N) is 1. The molecule has 0 aliphatic carbocycles. The number of aliphatic hydroxyl groups is 1. The molecule has 0 aliphatic heterocycles. The number of hydrogen-bond donors (Lipinski definition) is 2. The van der Waals surface area contributed by atoms with Crippen LogP contribution >= 0.6 is 0 Å². The molecule has 0 spiro atoms. The molecule has 32 heavy (non-hydrogen) atoms. The quantitative estimate of drug-likeness (QED) is 0.414. The van der Waals surface area contributed by atoms with Crippen LogP contribution in [0.2, 0.25) is 0 Å². The summed E-state index contributed by atoms with van der Waals surface area (Å²) in [6.07, 6.45) is 0. The minimum Gasteiger partial charge on any atom is -0.497 e. The van der Waals surface area contributed by atoms with Gasteiger partial charge in [-0.15, -0.1) is 5.10 Å². The first-order chi connectivity index (χ1) is 15.6. The fourth-order valence-electron chi connectivity index (χ4n) is 3.71. The maximum absolute atomic E-state index is 12.7. The van der Waals surface area contributed by atoms with Gasteiger partial charge in [0, 0.05) is 18.7 Å². The molecule has 4 aromatic rings. The van der Waals surface area contributed by atoms with Gasteiger partial charge in [-0.05, 0) is 52.1 Å². The number of aryl methyl sites for hydroxylation is 1. The molecule has 0 aliphatic rings. The number of rotatable bonds is 9. The number of aromatic amines is 1. The second-order valence-corrected chi connectivity index (χ2v) is 7.70. The van der Waals surface area contributed by atoms with E-state index in [9.17, 15) is 9.90 Å². The molecule has 0 bridgehead atoms. The number of hydrogen-bond acceptors (Lipinski definition) is 7. The van der Waals surface area contributed by atoms with E-state index in [2.05, 4.69) is 20.5 Å². The molecule has 0 saturated carbocycles. The third-order valence-electron chi connectivity index (χ3n) is 5.44. The Morgan fingerprint density at radius 1 is 1.16 bits per heavy atom. The standard InChI is InChI=1S/C23H26N6O3/c1-16-4-3-5-18-12-19(23(31)24-22(16)18)14-28(10-11-30)15-21-25-26-27-29(21)13-17-6-8-20(32-2)9-7-17/h3-9,12,30H,10-11,13-15H2,1-2H3,(H,24,31). The molecule has 166 valence electrons. The monoisotopic (exact) mass is 434 g/mol. The number of nitrogens with zero attached hydrogens (tertiary/aromatic N) is 5. The van der Waals surface area contributed by atoms with Crippen molar-refractivity contribution in [2.45, 2.75) is 26.6 Å². The number of aliphatic hydroxyl groups excluding tert-OH is 1. The normalized spacial score (nSPS) is 11.4. The molecular weight excluding hydrogens is 408 g/mol. The second-order valence-electron chi connectivity index (χ2n) is 7.70. The van der Waals surface area contributed by atoms with E-state index in [4.69, 9.17) is 4.74 Å². The van der Waals surface area contributed by atoms with E-state index in [1.54, 1.807) is 11.8 Å². The fraction of sp³-hybridized carbons (Fsp3) is 0.304. The zero-order chi connectivity index (χ0) is 22.5. The molecule has 2 heterocycles. The number of tetrazole rings is 1. The Hall–Kier alpha value is -3.56. The molecule has 0 radical (unpaired) electrons. The zero-order valence-electron chi connectivity index (χ0n) is 18.2. The lowest BCUT2D eigenvalue weighted by Crippen LogP contribution is -2.30. The molecule has 0 unspecified atom stereocenters. The van der Waals surface area contributed by atoms with Gasteiger partial charge in [0.25, 0.3) is 5.56 Å². The molecule has 0 fully saturated rings. The molecule has 4 rings (SSSR count). The molecular formula is C23H26N6O3. The van der Waals surface area contributed by atoms with Crippen molar-refractivity contribution in [2.75, 3.05) is 20.3 Å². The van der Waals surface area contributed by atoms with Crippen LogP contribution in [0, 0.1) is 6.92 Å². The Bertz CT molecular complexity index is 1250. The van der Waals surface area contributed by atoms with Crippen molar-refractivity contribution in [1.29, 1.82) is 0 Å². The van der Waals surface area contributed by atoms with Crippen molar-refractivity contribution in [2.24, 2.45) is 0 Å². The van der Waals surface area contributed by atoms with Crippen molar-refractivity contribution < 1.29 is 9.84 Å². The van der Waals surface area contributed by atoms with Crippen LogP contribution in [0.3, 0.4) is 0 Å². The van der Waals surface area contributed by atoms with Crippen molar-refractivity contribution in [3.05, 3.63) is 81.4 Å². The summed E-state index contributed by atoms with van der Waals surface area (Å²) < 4.78 is 6.92. The average molecular weight is 435 g/mol. The van der Waals surface area contributed by atoms with Crippen molar-refractivity contribution in [1.82, 2.24) is 30.1 Å². The van der Waals surface area contributed by atoms with E-state index < -0.39 is 0 Å². The van der Waals surface area contributed by atoms with Crippen LogP contribution in [0.1, 0.15) is 22.5 Å². The summed E-state index contributed by atoms with van der Waals surface area (Å²) in [5.74, 6) is 1.44. The summed E-state index contributed by atoms with van der Waals surface area (Å²) in [6.45, 7) is 3.60. The second kappa shape index (κ2) is 9.71. The number of benzene rings is 2. The van der Waals surface area contributed by atoms with Crippen molar-refractivity contribution in [3.63, 3.8) is 0 Å². The minimum atomic E-state index is -0.132. The van der Waals surface area contributed by atoms with Gasteiger partial charge in [-0.1, -0.05) is 30.3 Å². The van der Waals surface area contributed by atoms with Gasteiger partial charge in [0.15, 0.2) is 5.82 Å². The highest BCUT2D eigenvalue weighted by molar-refractivity contribution is 5.81. The van der Waals surface area contributed by atoms with E-state index in [1.165, 1.54) is 0 Å². The van der Waals surface area contributed by atoms with Crippen LogP contribution < -0.4 is 10.3 Å². The van der Waals surface area contributed by atoms with Crippen molar-refractivity contribution in [3.8, 4) is 5.75 Å². The summed E-state index contributed by atoms with van der Waals surface area (Å²) in [4.78, 5) is 17.6. The summed E-state index contributed by atoms with van der Waals surface area (Å²) in [5, 5.41) is 22.6. The van der Waals surface area contributed by atoms with Crippen LogP contribution in [0.4, 0.5) is 0 Å². The summed E-state index contributed by atoms with van der Waals surface area (Å²) in [7, 11) is 1.63. The Kier molecular flexibility index (Phi) is 6.58. The third kappa shape index (κ3) is 4.84. The minimum absolute atomic E-state index is 0.0371. The highest BCUT2D eigenvalue weighted by atomic mass is 16.5. The fourth-order valence-corrected chi connectivity index (χ4v) is 3.71. The molecule has 2 N–H and O–H groups in total. The number of pyridine rings is 1. The first-order valence-electron chi connectivity index (χ1n) is 10.4. The van der Waals surface area contributed by atoms with Gasteiger partial charge in [-0.2, -0.15) is 0 Å². The van der Waals surface area contributed by atoms with Crippen LogP contribution in [0.25, 0.3) is 10.9 Å². The smallest absolute Gasteiger partial charge is 0.252 e. The highest BCUT2D eigenvalue weighted by Gasteiger charge is 2.15. The molecule has 2 aromatic carbocycles. The summed E-state index contributed by atoms with van der Waals surface area (Å²) in [6, 6.07) is 15.5. The molecule has 9 heteroatoms. The first-order valence-corrected chi connectivity index (χ1v) is 10.4. The topological polar surface area (TPSA) is 109 Å². The lowest BCUT2D eigenvalue weighted by molar-refractivity contribution is 0.179. The average Bonchev–Trinajstić information content (AvgIpc) is 3.22. The zero-order valence-corrected chi connectivity index (χ0v) is 18.2. The first kappa shape index (κ1) is 21.7. The van der Waals surface area contributed by atoms with Gasteiger partial charge in [0.1, 0.15) is 5.75 Å². The lowest BCUT2D eigenvalue weighted by atomic mass is 10.1. The van der Waals surface area contributed by atoms with Crippen molar-refractivity contribution >= 4 is 10.9 Å². The van der Waals surface area contributed by atoms with Gasteiger partial charge in [0.05, 0.1) is 32.3 Å². The largest absolute Gasteiger partial charge is 0.497 e. The van der Waals surface area contributed by atoms with Gasteiger partial charge < -0.3 is 14.8 Å². The Morgan fingerprint density at radius 3 is 2.72 bits per heavy atom. The number of methoxy groups -OCH3 is 1. The highest BCUT2D eigenvalue weighted by Crippen LogP contribution is 2.17. The maximum Gasteiger partial charge on any atom is 0.252 e. The van der Waals surface area contributed by atoms with Gasteiger partial charge in [0.2, 0.25) is 0 Å². The Balaban J connectivity index is 1.53. The van der Waals surface area contributed by atoms with Gasteiger partial charge >= 0.3 is 0 Å². The number of para-hydroxylation sites is 1. The number of aromatic nitrogens is 5. The summed E-state index contributed by atoms with van der Waals surface area (Å²) in [5.41, 5.74) is 3.40. The van der Waals surface area contributed by atoms with E-state index in [0.717, 1.165) is 27.8 Å². The Morgan fingerprint density at radius 2 is 1.97 bits per heavy atom. The van der Waals surface area contributed by atoms with Crippen LogP contribution in [0.5, 0.6) is 5.75 Å². The molecule has 0 atom stereocenters. The molecule has 2 aromatic heterocycles. The van der Waals surface area contributed by atoms with Crippen LogP contribution in [-0.2, 0) is 19.6 Å². The number of H-pyrrole nitrogens is 1. The third-order valence-corrected chi connectivity index (χ3v) is 5.44. The predicted molar refractivity (Wildman–Crippen MR) is 120 cm³/mol. The number of fused-ring (bicyclic) bond motifs is 1.